The van der Waals surface area contributed by atoms with E-state index in [4.69, 9.17) is 47.6 Å². The van der Waals surface area contributed by atoms with Crippen molar-refractivity contribution < 1.29 is 61.6 Å². The molecule has 23 heteroatoms. The van der Waals surface area contributed by atoms with Crippen LogP contribution in [-0.4, -0.2) is 150 Å². The maximum Gasteiger partial charge on any atom is 0.500 e. The van der Waals surface area contributed by atoms with E-state index in [1.165, 1.54) is 6.04 Å². The van der Waals surface area contributed by atoms with E-state index in [1.54, 1.807) is 0 Å². The minimum absolute atomic E-state index is 0.0473. The lowest BCUT2D eigenvalue weighted by Gasteiger charge is -2.45. The molecule has 0 saturated heterocycles. The highest BCUT2D eigenvalue weighted by atomic mass is 31.2. The zero-order valence-corrected chi connectivity index (χ0v) is 52.6. The van der Waals surface area contributed by atoms with Crippen molar-refractivity contribution in [3.05, 3.63) is 0 Å². The average Bonchev–Trinajstić information content (AvgIpc) is 3.07. The van der Waals surface area contributed by atoms with Crippen LogP contribution in [-0.2, 0) is 52.2 Å². The molecule has 0 radical (unpaired) electrons. The van der Waals surface area contributed by atoms with Gasteiger partial charge in [0.05, 0.1) is 32.8 Å². The van der Waals surface area contributed by atoms with E-state index in [1.807, 2.05) is 20.8 Å². The van der Waals surface area contributed by atoms with Crippen molar-refractivity contribution in [2.24, 2.45) is 0 Å². The van der Waals surface area contributed by atoms with Gasteiger partial charge >= 0.3 is 50.9 Å². The van der Waals surface area contributed by atoms with Crippen LogP contribution in [0.25, 0.3) is 0 Å². The molecule has 0 aliphatic heterocycles. The molecule has 0 rings (SSSR count). The molecule has 4 unspecified atom stereocenters. The maximum absolute atomic E-state index is 12.6. The standard InChI is InChI=1S/C39H98NO13PSi8/c1-21-40(22-2,23-3)30-32-44-54(41,42)45-34-33-43-31-27-36-61(20,53-60(19,50-57(13,14)15)37-28-35-55(7,8)9)52-58(16,17)51-59(18,49-56(10,11)12)38-29-39-62(46-24-4,47-25-5)48-26-6/h21-39H2,1-20H3/p+1. The molecule has 0 fully saturated rings. The van der Waals surface area contributed by atoms with Crippen LogP contribution in [0.1, 0.15) is 60.8 Å². The molecule has 0 aromatic rings. The average molecular weight is 1050 g/mol. The summed E-state index contributed by atoms with van der Waals surface area (Å²) in [5.74, 6) is 0. The second kappa shape index (κ2) is 28.2. The molecule has 0 aromatic carbocycles. The fraction of sp³-hybridized carbons (Fsp3) is 1.00. The van der Waals surface area contributed by atoms with Crippen LogP contribution in [0.3, 0.4) is 0 Å². The summed E-state index contributed by atoms with van der Waals surface area (Å²) < 4.78 is 84.8. The number of hydrogen-bond donors (Lipinski definition) is 1. The van der Waals surface area contributed by atoms with Crippen molar-refractivity contribution in [3.63, 3.8) is 0 Å². The summed E-state index contributed by atoms with van der Waals surface area (Å²) in [6, 6.07) is 4.26. The van der Waals surface area contributed by atoms with Gasteiger partial charge in [0.25, 0.3) is 0 Å². The van der Waals surface area contributed by atoms with Gasteiger partial charge in [0, 0.05) is 40.5 Å². The quantitative estimate of drug-likeness (QED) is 0.0271. The Balaban J connectivity index is 6.29. The Labute approximate surface area is 390 Å². The molecule has 1 N–H and O–H groups in total. The van der Waals surface area contributed by atoms with E-state index < -0.39 is 75.6 Å². The van der Waals surface area contributed by atoms with Crippen LogP contribution in [0.4, 0.5) is 0 Å². The first-order valence-corrected chi connectivity index (χ1v) is 48.0. The number of hydrogen-bond acceptors (Lipinski definition) is 12. The normalized spacial score (nSPS) is 17.7. The predicted molar refractivity (Wildman–Crippen MR) is 276 cm³/mol. The fourth-order valence-electron chi connectivity index (χ4n) is 8.09. The summed E-state index contributed by atoms with van der Waals surface area (Å²) in [5, 5.41) is 0. The van der Waals surface area contributed by atoms with Crippen LogP contribution in [0.2, 0.25) is 122 Å². The van der Waals surface area contributed by atoms with Gasteiger partial charge in [0.2, 0.25) is 0 Å². The van der Waals surface area contributed by atoms with Crippen molar-refractivity contribution in [3.8, 4) is 0 Å². The number of ether oxygens (including phenoxy) is 1. The molecule has 0 heterocycles. The van der Waals surface area contributed by atoms with E-state index in [2.05, 4.69) is 112 Å². The Morgan fingerprint density at radius 2 is 0.871 bits per heavy atom. The summed E-state index contributed by atoms with van der Waals surface area (Å²) >= 11 is 0. The summed E-state index contributed by atoms with van der Waals surface area (Å²) in [4.78, 5) is 10.3. The van der Waals surface area contributed by atoms with Gasteiger partial charge in [-0.25, -0.2) is 4.57 Å². The Hall–Kier alpha value is 1.45. The first kappa shape index (κ1) is 63.4. The summed E-state index contributed by atoms with van der Waals surface area (Å²) in [5.41, 5.74) is 0. The second-order valence-corrected chi connectivity index (χ2v) is 54.1. The Kier molecular flexibility index (Phi) is 28.9. The molecule has 0 amide bonds. The monoisotopic (exact) mass is 1040 g/mol. The van der Waals surface area contributed by atoms with Gasteiger partial charge < -0.3 is 48.0 Å². The maximum atomic E-state index is 12.6. The first-order valence-electron chi connectivity index (χ1n) is 23.7. The van der Waals surface area contributed by atoms with Crippen LogP contribution >= 0.6 is 7.82 Å². The molecule has 14 nitrogen and oxygen atoms in total. The van der Waals surface area contributed by atoms with Crippen molar-refractivity contribution in [1.82, 2.24) is 0 Å². The number of likely N-dealkylation sites (N-methyl/N-ethyl adjacent to an activating group) is 1. The molecular weight excluding hydrogens is 946 g/mol. The minimum Gasteiger partial charge on any atom is -0.437 e. The third kappa shape index (κ3) is 28.7. The number of phosphoric acid groups is 1. The van der Waals surface area contributed by atoms with Crippen molar-refractivity contribution >= 4 is 75.6 Å². The lowest BCUT2D eigenvalue weighted by Crippen LogP contribution is -2.62. The number of quaternary nitrogens is 1. The highest BCUT2D eigenvalue weighted by molar-refractivity contribution is 7.47. The van der Waals surface area contributed by atoms with Crippen LogP contribution in [0.15, 0.2) is 0 Å². The molecule has 0 aliphatic rings. The van der Waals surface area contributed by atoms with Gasteiger partial charge in [-0.2, -0.15) is 0 Å². The van der Waals surface area contributed by atoms with E-state index in [0.29, 0.717) is 51.5 Å². The number of rotatable bonds is 39. The van der Waals surface area contributed by atoms with Gasteiger partial charge in [-0.3, -0.25) is 9.05 Å². The second-order valence-electron chi connectivity index (χ2n) is 20.7. The Morgan fingerprint density at radius 1 is 0.468 bits per heavy atom. The van der Waals surface area contributed by atoms with E-state index in [0.717, 1.165) is 49.0 Å². The van der Waals surface area contributed by atoms with Crippen LogP contribution in [0, 0.1) is 0 Å². The lowest BCUT2D eigenvalue weighted by atomic mass is 10.3. The van der Waals surface area contributed by atoms with E-state index in [-0.39, 0.29) is 19.8 Å². The van der Waals surface area contributed by atoms with E-state index >= 15 is 0 Å². The Bertz CT molecular complexity index is 1250. The zero-order chi connectivity index (χ0) is 48.2. The molecule has 0 aromatic heterocycles. The van der Waals surface area contributed by atoms with Crippen molar-refractivity contribution in [2.75, 3.05) is 72.4 Å². The molecule has 0 saturated carbocycles. The smallest absolute Gasteiger partial charge is 0.437 e. The predicted octanol–water partition coefficient (Wildman–Crippen LogP) is 11.2. The molecule has 374 valence electrons. The van der Waals surface area contributed by atoms with Crippen LogP contribution < -0.4 is 0 Å². The molecule has 0 bridgehead atoms. The molecule has 0 aliphatic carbocycles. The summed E-state index contributed by atoms with van der Waals surface area (Å²) in [6.07, 6.45) is 2.56. The van der Waals surface area contributed by atoms with Gasteiger partial charge in [-0.1, -0.05) is 32.1 Å². The number of nitrogens with zero attached hydrogens (tertiary/aromatic N) is 1. The lowest BCUT2D eigenvalue weighted by molar-refractivity contribution is -0.923. The summed E-state index contributed by atoms with van der Waals surface area (Å²) in [7, 11) is -23.7. The highest BCUT2D eigenvalue weighted by Crippen LogP contribution is 2.43. The van der Waals surface area contributed by atoms with Gasteiger partial charge in [-0.15, -0.1) is 0 Å². The topological polar surface area (TPSA) is 139 Å². The highest BCUT2D eigenvalue weighted by Gasteiger charge is 2.51. The Morgan fingerprint density at radius 3 is 1.29 bits per heavy atom. The van der Waals surface area contributed by atoms with Crippen molar-refractivity contribution in [1.29, 1.82) is 0 Å². The van der Waals surface area contributed by atoms with Gasteiger partial charge in [-0.05, 0) is 145 Å². The third-order valence-corrected chi connectivity index (χ3v) is 39.4. The molecule has 0 spiro atoms. The fourth-order valence-corrected chi connectivity index (χ4v) is 42.7. The SMILES string of the molecule is CCO[Si](CCC[Si](C)(O[Si](C)(C)C)O[Si](C)(C)O[Si](C)(CCCOCCOP(=O)(O)OCC[N+](CC)(CC)CC)O[Si](C)(CCC[Si](C)(C)C)O[Si](C)(C)C)(OCC)OCC. The van der Waals surface area contributed by atoms with E-state index in [9.17, 15) is 9.46 Å². The first-order chi connectivity index (χ1) is 28.2. The third-order valence-electron chi connectivity index (χ3n) is 10.4. The number of phosphoric ester groups is 1. The minimum atomic E-state index is -4.19. The largest absolute Gasteiger partial charge is 0.500 e. The zero-order valence-electron chi connectivity index (χ0n) is 43.7. The summed E-state index contributed by atoms with van der Waals surface area (Å²) in [6.45, 7) is 49.7. The van der Waals surface area contributed by atoms with Gasteiger partial charge in [0.15, 0.2) is 16.6 Å². The molecule has 4 atom stereocenters. The molecular formula is C39H99NO13PSi8+. The van der Waals surface area contributed by atoms with Gasteiger partial charge in [0.1, 0.15) is 13.2 Å². The van der Waals surface area contributed by atoms with Crippen molar-refractivity contribution in [2.45, 2.75) is 183 Å². The van der Waals surface area contributed by atoms with Crippen LogP contribution in [0.5, 0.6) is 0 Å². The molecule has 62 heavy (non-hydrogen) atoms.